The zero-order chi connectivity index (χ0) is 13.1. The van der Waals surface area contributed by atoms with Crippen LogP contribution >= 0.6 is 0 Å². The fourth-order valence-electron chi connectivity index (χ4n) is 1.07. The summed E-state index contributed by atoms with van der Waals surface area (Å²) < 4.78 is 47.2. The fourth-order valence-corrected chi connectivity index (χ4v) is 2.61. The van der Waals surface area contributed by atoms with Crippen LogP contribution in [-0.4, -0.2) is 35.4 Å². The van der Waals surface area contributed by atoms with Crippen LogP contribution in [0.1, 0.15) is 0 Å². The second-order valence-corrected chi connectivity index (χ2v) is 6.80. The minimum Gasteiger partial charge on any atom is -0.399 e. The highest BCUT2D eigenvalue weighted by atomic mass is 32.2. The van der Waals surface area contributed by atoms with Gasteiger partial charge in [0.05, 0.1) is 17.3 Å². The van der Waals surface area contributed by atoms with Gasteiger partial charge in [0, 0.05) is 11.6 Å². The van der Waals surface area contributed by atoms with Gasteiger partial charge in [0.1, 0.15) is 0 Å². The smallest absolute Gasteiger partial charge is 0.195 e. The normalized spacial score (nSPS) is 15.4. The molecule has 1 rings (SSSR count). The molecule has 0 heterocycles. The zero-order valence-electron chi connectivity index (χ0n) is 8.90. The number of benzene rings is 1. The number of anilines is 1. The summed E-state index contributed by atoms with van der Waals surface area (Å²) in [5.74, 6) is 2.43. The number of sulfone groups is 1. The largest absolute Gasteiger partial charge is 0.399 e. The lowest BCUT2D eigenvalue weighted by molar-refractivity contribution is 0.322. The van der Waals surface area contributed by atoms with Crippen LogP contribution in [0.5, 0.6) is 0 Å². The van der Waals surface area contributed by atoms with E-state index in [4.69, 9.17) is 10.3 Å². The van der Waals surface area contributed by atoms with E-state index in [1.807, 2.05) is 0 Å². The molecule has 1 atom stereocenters. The Balaban J connectivity index is 2.73. The summed E-state index contributed by atoms with van der Waals surface area (Å²) in [5.41, 5.74) is 5.88. The van der Waals surface area contributed by atoms with Crippen molar-refractivity contribution in [1.29, 1.82) is 0 Å². The predicted octanol–water partition coefficient (Wildman–Crippen LogP) is 0.164. The summed E-state index contributed by atoms with van der Waals surface area (Å²) in [6.45, 7) is -0.397. The fraction of sp³-hybridized carbons (Fsp3) is 0.222. The van der Waals surface area contributed by atoms with Gasteiger partial charge in [0.15, 0.2) is 19.9 Å². The van der Waals surface area contributed by atoms with Crippen LogP contribution in [0.3, 0.4) is 0 Å². The highest BCUT2D eigenvalue weighted by Crippen LogP contribution is 2.13. The van der Waals surface area contributed by atoms with Crippen molar-refractivity contribution >= 4 is 31.5 Å². The SMILES string of the molecule is C=S(=O)(O)OCCS(=O)(=O)c1ccc(N)cc1. The molecule has 1 unspecified atom stereocenters. The molecule has 0 aliphatic carbocycles. The van der Waals surface area contributed by atoms with E-state index in [2.05, 4.69) is 10.1 Å². The number of nitrogens with two attached hydrogens (primary N) is 1. The van der Waals surface area contributed by atoms with E-state index in [0.717, 1.165) is 0 Å². The molecule has 17 heavy (non-hydrogen) atoms. The van der Waals surface area contributed by atoms with Gasteiger partial charge in [-0.15, -0.1) is 0 Å². The van der Waals surface area contributed by atoms with Gasteiger partial charge < -0.3 is 5.73 Å². The highest BCUT2D eigenvalue weighted by Gasteiger charge is 2.14. The Morgan fingerprint density at radius 1 is 1.24 bits per heavy atom. The molecule has 1 aromatic carbocycles. The van der Waals surface area contributed by atoms with Crippen LogP contribution < -0.4 is 5.73 Å². The molecule has 8 heteroatoms. The Bertz CT molecular complexity index is 574. The Morgan fingerprint density at radius 2 is 1.76 bits per heavy atom. The number of rotatable bonds is 5. The van der Waals surface area contributed by atoms with Crippen LogP contribution in [0, 0.1) is 0 Å². The third-order valence-corrected chi connectivity index (χ3v) is 4.09. The minimum absolute atomic E-state index is 0.0869. The van der Waals surface area contributed by atoms with Crippen LogP contribution in [0.25, 0.3) is 0 Å². The second-order valence-electron chi connectivity index (χ2n) is 3.29. The summed E-state index contributed by atoms with van der Waals surface area (Å²) in [6.07, 6.45) is 0. The van der Waals surface area contributed by atoms with Crippen molar-refractivity contribution in [3.8, 4) is 0 Å². The molecule has 6 nitrogen and oxygen atoms in total. The lowest BCUT2D eigenvalue weighted by Gasteiger charge is -2.05. The van der Waals surface area contributed by atoms with E-state index < -0.39 is 32.3 Å². The Labute approximate surface area is 100 Å². The van der Waals surface area contributed by atoms with E-state index in [1.165, 1.54) is 24.3 Å². The van der Waals surface area contributed by atoms with Gasteiger partial charge in [0.25, 0.3) is 0 Å². The Hall–Kier alpha value is -1.09. The van der Waals surface area contributed by atoms with Gasteiger partial charge in [0.2, 0.25) is 0 Å². The predicted molar refractivity (Wildman–Crippen MR) is 66.8 cm³/mol. The van der Waals surface area contributed by atoms with Crippen LogP contribution in [0.4, 0.5) is 5.69 Å². The molecule has 0 saturated carbocycles. The van der Waals surface area contributed by atoms with Crippen molar-refractivity contribution in [2.24, 2.45) is 0 Å². The first-order chi connectivity index (χ1) is 7.71. The van der Waals surface area contributed by atoms with Crippen molar-refractivity contribution in [2.45, 2.75) is 4.90 Å². The Morgan fingerprint density at radius 3 is 2.24 bits per heavy atom. The van der Waals surface area contributed by atoms with Crippen LogP contribution in [-0.2, 0) is 24.1 Å². The summed E-state index contributed by atoms with van der Waals surface area (Å²) in [5, 5.41) is 0. The number of hydrogen-bond acceptors (Lipinski definition) is 5. The maximum atomic E-state index is 11.7. The highest BCUT2D eigenvalue weighted by molar-refractivity contribution is 7.91. The molecule has 0 saturated heterocycles. The molecular weight excluding hydrogens is 266 g/mol. The first kappa shape index (κ1) is 14.0. The van der Waals surface area contributed by atoms with Crippen molar-refractivity contribution in [3.63, 3.8) is 0 Å². The van der Waals surface area contributed by atoms with Gasteiger partial charge >= 0.3 is 0 Å². The molecule has 0 aliphatic heterocycles. The van der Waals surface area contributed by atoms with Crippen molar-refractivity contribution in [1.82, 2.24) is 0 Å². The van der Waals surface area contributed by atoms with E-state index in [9.17, 15) is 12.6 Å². The molecule has 1 aromatic rings. The van der Waals surface area contributed by atoms with E-state index in [1.54, 1.807) is 0 Å². The molecule has 0 radical (unpaired) electrons. The van der Waals surface area contributed by atoms with Gasteiger partial charge in [-0.1, -0.05) is 0 Å². The van der Waals surface area contributed by atoms with E-state index in [0.29, 0.717) is 5.69 Å². The lowest BCUT2D eigenvalue weighted by atomic mass is 10.3. The maximum absolute atomic E-state index is 11.7. The molecule has 0 spiro atoms. The van der Waals surface area contributed by atoms with E-state index >= 15 is 0 Å². The summed E-state index contributed by atoms with van der Waals surface area (Å²) >= 11 is 0. The summed E-state index contributed by atoms with van der Waals surface area (Å²) in [6, 6.07) is 5.66. The minimum atomic E-state index is -3.62. The average Bonchev–Trinajstić information content (AvgIpc) is 2.15. The second kappa shape index (κ2) is 5.05. The zero-order valence-corrected chi connectivity index (χ0v) is 10.5. The third kappa shape index (κ3) is 4.73. The molecular formula is C9H13NO5S2. The molecule has 3 N–H and O–H groups in total. The molecule has 0 fully saturated rings. The first-order valence-corrected chi connectivity index (χ1v) is 7.79. The van der Waals surface area contributed by atoms with Crippen LogP contribution in [0.2, 0.25) is 0 Å². The Kier molecular flexibility index (Phi) is 4.15. The number of nitrogen functional groups attached to an aromatic ring is 1. The van der Waals surface area contributed by atoms with Gasteiger partial charge in [-0.05, 0) is 24.3 Å². The van der Waals surface area contributed by atoms with Crippen molar-refractivity contribution < 1.29 is 21.4 Å². The van der Waals surface area contributed by atoms with Gasteiger partial charge in [-0.2, -0.15) is 0 Å². The van der Waals surface area contributed by atoms with Crippen molar-refractivity contribution in [3.05, 3.63) is 24.3 Å². The molecule has 0 bridgehead atoms. The lowest BCUT2D eigenvalue weighted by Crippen LogP contribution is -2.15. The van der Waals surface area contributed by atoms with Gasteiger partial charge in [-0.25, -0.2) is 12.6 Å². The van der Waals surface area contributed by atoms with Crippen LogP contribution in [0.15, 0.2) is 29.2 Å². The third-order valence-electron chi connectivity index (χ3n) is 1.86. The van der Waals surface area contributed by atoms with E-state index in [-0.39, 0.29) is 4.90 Å². The molecule has 0 aliphatic rings. The summed E-state index contributed by atoms with van der Waals surface area (Å²) in [4.78, 5) is 0.0869. The standard InChI is InChI=1S/C9H13NO5S2/c1-16(11,12)15-6-7-17(13,14)9-4-2-8(10)3-5-9/h2-5H,1,6-7,10H2,(H,11,12). The number of hydrogen-bond donors (Lipinski definition) is 2. The average molecular weight is 279 g/mol. The topological polar surface area (TPSA) is 107 Å². The molecule has 96 valence electrons. The summed E-state index contributed by atoms with van der Waals surface area (Å²) in [7, 11) is -7.16. The first-order valence-electron chi connectivity index (χ1n) is 4.53. The van der Waals surface area contributed by atoms with Gasteiger partial charge in [-0.3, -0.25) is 8.74 Å². The maximum Gasteiger partial charge on any atom is 0.195 e. The molecule has 0 amide bonds. The monoisotopic (exact) mass is 279 g/mol. The van der Waals surface area contributed by atoms with Crippen molar-refractivity contribution in [2.75, 3.05) is 18.1 Å². The quantitative estimate of drug-likeness (QED) is 0.587. The molecule has 0 aromatic heterocycles.